The molecular formula is C25H48O2. The van der Waals surface area contributed by atoms with E-state index in [9.17, 15) is 4.79 Å². The molecule has 0 aromatic rings. The summed E-state index contributed by atoms with van der Waals surface area (Å²) in [5, 5.41) is 0. The SMILES string of the molecule is CCCCCCCC/C=C\CCCCCCCC(=O)OCCCCCCC. The van der Waals surface area contributed by atoms with Crippen molar-refractivity contribution in [3.8, 4) is 0 Å². The number of unbranched alkanes of at least 4 members (excludes halogenated alkanes) is 15. The van der Waals surface area contributed by atoms with Gasteiger partial charge in [0.25, 0.3) is 0 Å². The molecule has 0 aliphatic carbocycles. The Kier molecular flexibility index (Phi) is 22.6. The second-order valence-corrected chi connectivity index (χ2v) is 7.97. The minimum atomic E-state index is 0.00289. The predicted molar refractivity (Wildman–Crippen MR) is 119 cm³/mol. The van der Waals surface area contributed by atoms with Gasteiger partial charge in [0.05, 0.1) is 6.61 Å². The van der Waals surface area contributed by atoms with Crippen LogP contribution in [0, 0.1) is 0 Å². The van der Waals surface area contributed by atoms with Crippen molar-refractivity contribution in [1.82, 2.24) is 0 Å². The second-order valence-electron chi connectivity index (χ2n) is 7.97. The maximum atomic E-state index is 11.6. The Morgan fingerprint density at radius 1 is 0.593 bits per heavy atom. The maximum absolute atomic E-state index is 11.6. The van der Waals surface area contributed by atoms with Crippen molar-refractivity contribution in [2.45, 2.75) is 136 Å². The predicted octanol–water partition coefficient (Wildman–Crippen LogP) is 8.54. The van der Waals surface area contributed by atoms with Crippen LogP contribution in [-0.4, -0.2) is 12.6 Å². The van der Waals surface area contributed by atoms with Crippen LogP contribution < -0.4 is 0 Å². The first kappa shape index (κ1) is 26.2. The lowest BCUT2D eigenvalue weighted by atomic mass is 10.1. The van der Waals surface area contributed by atoms with Crippen molar-refractivity contribution in [2.24, 2.45) is 0 Å². The Balaban J connectivity index is 3.19. The first-order chi connectivity index (χ1) is 13.3. The first-order valence-electron chi connectivity index (χ1n) is 12.1. The van der Waals surface area contributed by atoms with Crippen LogP contribution in [0.15, 0.2) is 12.2 Å². The minimum absolute atomic E-state index is 0.00289. The lowest BCUT2D eigenvalue weighted by molar-refractivity contribution is -0.143. The molecule has 0 aromatic heterocycles. The van der Waals surface area contributed by atoms with Crippen molar-refractivity contribution in [1.29, 1.82) is 0 Å². The molecule has 2 nitrogen and oxygen atoms in total. The fraction of sp³-hybridized carbons (Fsp3) is 0.880. The quantitative estimate of drug-likeness (QED) is 0.113. The molecular weight excluding hydrogens is 332 g/mol. The molecule has 0 aliphatic heterocycles. The normalized spacial score (nSPS) is 11.3. The van der Waals surface area contributed by atoms with Gasteiger partial charge in [0.2, 0.25) is 0 Å². The molecule has 0 atom stereocenters. The molecule has 0 bridgehead atoms. The Morgan fingerprint density at radius 3 is 1.59 bits per heavy atom. The van der Waals surface area contributed by atoms with Gasteiger partial charge in [0, 0.05) is 6.42 Å². The summed E-state index contributed by atoms with van der Waals surface area (Å²) in [6, 6.07) is 0. The van der Waals surface area contributed by atoms with Crippen molar-refractivity contribution >= 4 is 5.97 Å². The van der Waals surface area contributed by atoms with Crippen molar-refractivity contribution in [2.75, 3.05) is 6.61 Å². The lowest BCUT2D eigenvalue weighted by Gasteiger charge is -2.05. The third kappa shape index (κ3) is 23.2. The fourth-order valence-electron chi connectivity index (χ4n) is 3.30. The van der Waals surface area contributed by atoms with E-state index < -0.39 is 0 Å². The summed E-state index contributed by atoms with van der Waals surface area (Å²) in [6.07, 6.45) is 28.1. The van der Waals surface area contributed by atoms with Gasteiger partial charge in [-0.2, -0.15) is 0 Å². The van der Waals surface area contributed by atoms with Crippen molar-refractivity contribution in [3.63, 3.8) is 0 Å². The molecule has 0 rings (SSSR count). The third-order valence-corrected chi connectivity index (χ3v) is 5.15. The zero-order chi connectivity index (χ0) is 19.8. The zero-order valence-corrected chi connectivity index (χ0v) is 18.6. The number of carbonyl (C=O) groups excluding carboxylic acids is 1. The van der Waals surface area contributed by atoms with Crippen LogP contribution >= 0.6 is 0 Å². The lowest BCUT2D eigenvalue weighted by Crippen LogP contribution is -2.05. The molecule has 0 saturated carbocycles. The molecule has 0 spiro atoms. The van der Waals surface area contributed by atoms with Gasteiger partial charge >= 0.3 is 5.97 Å². The summed E-state index contributed by atoms with van der Waals surface area (Å²) >= 11 is 0. The monoisotopic (exact) mass is 380 g/mol. The fourth-order valence-corrected chi connectivity index (χ4v) is 3.30. The molecule has 0 saturated heterocycles. The van der Waals surface area contributed by atoms with Crippen LogP contribution in [0.1, 0.15) is 136 Å². The molecule has 27 heavy (non-hydrogen) atoms. The van der Waals surface area contributed by atoms with Crippen molar-refractivity contribution < 1.29 is 9.53 Å². The Morgan fingerprint density at radius 2 is 1.04 bits per heavy atom. The van der Waals surface area contributed by atoms with E-state index in [-0.39, 0.29) is 5.97 Å². The van der Waals surface area contributed by atoms with E-state index >= 15 is 0 Å². The molecule has 0 amide bonds. The van der Waals surface area contributed by atoms with Gasteiger partial charge in [-0.25, -0.2) is 0 Å². The van der Waals surface area contributed by atoms with E-state index in [0.717, 1.165) is 19.3 Å². The first-order valence-corrected chi connectivity index (χ1v) is 12.1. The van der Waals surface area contributed by atoms with Gasteiger partial charge < -0.3 is 4.74 Å². The van der Waals surface area contributed by atoms with E-state index in [1.54, 1.807) is 0 Å². The minimum Gasteiger partial charge on any atom is -0.466 e. The average molecular weight is 381 g/mol. The smallest absolute Gasteiger partial charge is 0.305 e. The number of carbonyl (C=O) groups is 1. The summed E-state index contributed by atoms with van der Waals surface area (Å²) in [5.74, 6) is 0.00289. The van der Waals surface area contributed by atoms with Crippen LogP contribution in [0.25, 0.3) is 0 Å². The van der Waals surface area contributed by atoms with Gasteiger partial charge in [-0.1, -0.05) is 103 Å². The van der Waals surface area contributed by atoms with Crippen LogP contribution in [0.5, 0.6) is 0 Å². The highest BCUT2D eigenvalue weighted by molar-refractivity contribution is 5.69. The average Bonchev–Trinajstić information content (AvgIpc) is 2.67. The zero-order valence-electron chi connectivity index (χ0n) is 18.6. The van der Waals surface area contributed by atoms with E-state index in [0.29, 0.717) is 13.0 Å². The summed E-state index contributed by atoms with van der Waals surface area (Å²) in [6.45, 7) is 5.11. The standard InChI is InChI=1S/C25H48O2/c1-3-5-7-9-10-11-12-13-14-15-16-17-18-19-21-23-25(26)27-24-22-20-8-6-4-2/h13-14H,3-12,15-24H2,1-2H3/b14-13-. The van der Waals surface area contributed by atoms with Crippen LogP contribution in [0.3, 0.4) is 0 Å². The van der Waals surface area contributed by atoms with E-state index in [2.05, 4.69) is 26.0 Å². The Bertz CT molecular complexity index is 322. The highest BCUT2D eigenvalue weighted by Crippen LogP contribution is 2.10. The van der Waals surface area contributed by atoms with Crippen LogP contribution in [-0.2, 0) is 9.53 Å². The van der Waals surface area contributed by atoms with E-state index in [1.165, 1.54) is 96.3 Å². The summed E-state index contributed by atoms with van der Waals surface area (Å²) < 4.78 is 5.29. The maximum Gasteiger partial charge on any atom is 0.305 e. The highest BCUT2D eigenvalue weighted by atomic mass is 16.5. The molecule has 160 valence electrons. The highest BCUT2D eigenvalue weighted by Gasteiger charge is 2.02. The number of ether oxygens (including phenoxy) is 1. The molecule has 0 heterocycles. The Hall–Kier alpha value is -0.790. The Labute approximate surface area is 170 Å². The largest absolute Gasteiger partial charge is 0.466 e. The molecule has 0 fully saturated rings. The number of hydrogen-bond acceptors (Lipinski definition) is 2. The van der Waals surface area contributed by atoms with E-state index in [4.69, 9.17) is 4.74 Å². The molecule has 0 aromatic carbocycles. The molecule has 0 N–H and O–H groups in total. The van der Waals surface area contributed by atoms with E-state index in [1.807, 2.05) is 0 Å². The van der Waals surface area contributed by atoms with Crippen molar-refractivity contribution in [3.05, 3.63) is 12.2 Å². The number of allylic oxidation sites excluding steroid dienone is 2. The van der Waals surface area contributed by atoms with Crippen LogP contribution in [0.2, 0.25) is 0 Å². The van der Waals surface area contributed by atoms with Gasteiger partial charge in [0.15, 0.2) is 0 Å². The number of rotatable bonds is 21. The van der Waals surface area contributed by atoms with Gasteiger partial charge in [-0.3, -0.25) is 4.79 Å². The molecule has 0 radical (unpaired) electrons. The third-order valence-electron chi connectivity index (χ3n) is 5.15. The van der Waals surface area contributed by atoms with Gasteiger partial charge in [-0.15, -0.1) is 0 Å². The summed E-state index contributed by atoms with van der Waals surface area (Å²) in [7, 11) is 0. The summed E-state index contributed by atoms with van der Waals surface area (Å²) in [5.41, 5.74) is 0. The molecule has 0 aliphatic rings. The van der Waals surface area contributed by atoms with Crippen LogP contribution in [0.4, 0.5) is 0 Å². The van der Waals surface area contributed by atoms with Gasteiger partial charge in [-0.05, 0) is 38.5 Å². The van der Waals surface area contributed by atoms with Gasteiger partial charge in [0.1, 0.15) is 0 Å². The molecule has 0 unspecified atom stereocenters. The summed E-state index contributed by atoms with van der Waals surface area (Å²) in [4.78, 5) is 11.6. The second kappa shape index (κ2) is 23.2. The topological polar surface area (TPSA) is 26.3 Å². The number of esters is 1. The molecule has 2 heteroatoms. The number of hydrogen-bond donors (Lipinski definition) is 0.